The number of urea groups is 1. The quantitative estimate of drug-likeness (QED) is 0.759. The standard InChI is InChI=1S/C16H26N4O3/c1-11-4-5-14(23-11)12(2)18-16(22)19-13-6-8-20(9-7-13)10-15(21)17-3/h4-5,12-13H,6-10H2,1-3H3,(H,17,21)(H2,18,19,22). The van der Waals surface area contributed by atoms with Crippen molar-refractivity contribution >= 4 is 11.9 Å². The minimum absolute atomic E-state index is 0.0247. The lowest BCUT2D eigenvalue weighted by molar-refractivity contribution is -0.122. The number of likely N-dealkylation sites (N-methyl/N-ethyl adjacent to an activating group) is 1. The largest absolute Gasteiger partial charge is 0.464 e. The summed E-state index contributed by atoms with van der Waals surface area (Å²) in [5.74, 6) is 1.60. The summed E-state index contributed by atoms with van der Waals surface area (Å²) in [6.07, 6.45) is 1.69. The first-order chi connectivity index (χ1) is 11.0. The molecular formula is C16H26N4O3. The number of amides is 3. The maximum atomic E-state index is 12.1. The predicted molar refractivity (Wildman–Crippen MR) is 87.1 cm³/mol. The fourth-order valence-electron chi connectivity index (χ4n) is 2.70. The molecule has 2 rings (SSSR count). The van der Waals surface area contributed by atoms with Gasteiger partial charge in [-0.15, -0.1) is 0 Å². The van der Waals surface area contributed by atoms with E-state index in [-0.39, 0.29) is 24.0 Å². The van der Waals surface area contributed by atoms with Gasteiger partial charge in [-0.25, -0.2) is 4.79 Å². The smallest absolute Gasteiger partial charge is 0.315 e. The molecule has 1 fully saturated rings. The van der Waals surface area contributed by atoms with Gasteiger partial charge >= 0.3 is 6.03 Å². The molecule has 2 heterocycles. The number of aryl methyl sites for hydroxylation is 1. The molecule has 0 radical (unpaired) electrons. The van der Waals surface area contributed by atoms with Crippen molar-refractivity contribution in [1.82, 2.24) is 20.9 Å². The van der Waals surface area contributed by atoms with E-state index in [9.17, 15) is 9.59 Å². The Morgan fingerprint density at radius 2 is 2.04 bits per heavy atom. The van der Waals surface area contributed by atoms with E-state index >= 15 is 0 Å². The van der Waals surface area contributed by atoms with Gasteiger partial charge in [0.05, 0.1) is 12.6 Å². The van der Waals surface area contributed by atoms with Crippen molar-refractivity contribution in [2.24, 2.45) is 0 Å². The molecule has 0 bridgehead atoms. The molecule has 0 saturated carbocycles. The van der Waals surface area contributed by atoms with Gasteiger partial charge in [-0.2, -0.15) is 0 Å². The van der Waals surface area contributed by atoms with E-state index < -0.39 is 0 Å². The van der Waals surface area contributed by atoms with E-state index in [2.05, 4.69) is 20.9 Å². The first kappa shape index (κ1) is 17.3. The maximum Gasteiger partial charge on any atom is 0.315 e. The Kier molecular flexibility index (Phi) is 6.04. The number of rotatable bonds is 5. The van der Waals surface area contributed by atoms with Crippen LogP contribution in [0, 0.1) is 6.92 Å². The van der Waals surface area contributed by atoms with Crippen LogP contribution in [0.15, 0.2) is 16.5 Å². The number of hydrogen-bond acceptors (Lipinski definition) is 4. The molecule has 1 unspecified atom stereocenters. The van der Waals surface area contributed by atoms with Crippen molar-refractivity contribution in [2.75, 3.05) is 26.7 Å². The Hall–Kier alpha value is -2.02. The first-order valence-electron chi connectivity index (χ1n) is 8.04. The molecule has 3 N–H and O–H groups in total. The molecule has 7 nitrogen and oxygen atoms in total. The number of nitrogens with one attached hydrogen (secondary N) is 3. The van der Waals surface area contributed by atoms with Gasteiger partial charge in [0.15, 0.2) is 0 Å². The molecule has 0 aromatic carbocycles. The van der Waals surface area contributed by atoms with Crippen molar-refractivity contribution in [3.8, 4) is 0 Å². The third kappa shape index (κ3) is 5.28. The number of likely N-dealkylation sites (tertiary alicyclic amines) is 1. The van der Waals surface area contributed by atoms with Crippen LogP contribution in [0.4, 0.5) is 4.79 Å². The van der Waals surface area contributed by atoms with Gasteiger partial charge in [-0.05, 0) is 38.8 Å². The summed E-state index contributed by atoms with van der Waals surface area (Å²) in [5, 5.41) is 8.51. The number of carbonyl (C=O) groups is 2. The van der Waals surface area contributed by atoms with E-state index in [0.29, 0.717) is 6.54 Å². The summed E-state index contributed by atoms with van der Waals surface area (Å²) in [6, 6.07) is 3.54. The fraction of sp³-hybridized carbons (Fsp3) is 0.625. The molecule has 1 aliphatic rings. The summed E-state index contributed by atoms with van der Waals surface area (Å²) in [4.78, 5) is 25.5. The lowest BCUT2D eigenvalue weighted by atomic mass is 10.1. The lowest BCUT2D eigenvalue weighted by Crippen LogP contribution is -2.49. The van der Waals surface area contributed by atoms with Crippen LogP contribution < -0.4 is 16.0 Å². The van der Waals surface area contributed by atoms with Crippen LogP contribution in [0.5, 0.6) is 0 Å². The molecule has 23 heavy (non-hydrogen) atoms. The van der Waals surface area contributed by atoms with Crippen molar-refractivity contribution in [1.29, 1.82) is 0 Å². The normalized spacial score (nSPS) is 17.5. The molecule has 3 amide bonds. The molecule has 1 atom stereocenters. The molecule has 1 saturated heterocycles. The average Bonchev–Trinajstić information content (AvgIpc) is 2.95. The van der Waals surface area contributed by atoms with Crippen molar-refractivity contribution in [2.45, 2.75) is 38.8 Å². The van der Waals surface area contributed by atoms with Gasteiger partial charge in [0, 0.05) is 26.2 Å². The van der Waals surface area contributed by atoms with Crippen molar-refractivity contribution < 1.29 is 14.0 Å². The highest BCUT2D eigenvalue weighted by Gasteiger charge is 2.22. The van der Waals surface area contributed by atoms with Crippen LogP contribution >= 0.6 is 0 Å². The Balaban J connectivity index is 1.71. The monoisotopic (exact) mass is 322 g/mol. The zero-order valence-electron chi connectivity index (χ0n) is 14.0. The van der Waals surface area contributed by atoms with Crippen LogP contribution in [0.2, 0.25) is 0 Å². The summed E-state index contributed by atoms with van der Waals surface area (Å²) >= 11 is 0. The van der Waals surface area contributed by atoms with Crippen LogP contribution in [-0.4, -0.2) is 49.6 Å². The number of piperidine rings is 1. The highest BCUT2D eigenvalue weighted by molar-refractivity contribution is 5.77. The van der Waals surface area contributed by atoms with E-state index in [1.165, 1.54) is 0 Å². The van der Waals surface area contributed by atoms with E-state index in [4.69, 9.17) is 4.42 Å². The minimum atomic E-state index is -0.184. The SMILES string of the molecule is CNC(=O)CN1CCC(NC(=O)NC(C)c2ccc(C)o2)CC1. The van der Waals surface area contributed by atoms with Gasteiger partial charge in [0.25, 0.3) is 0 Å². The summed E-state index contributed by atoms with van der Waals surface area (Å²) < 4.78 is 5.51. The molecule has 128 valence electrons. The second kappa shape index (κ2) is 8.01. The summed E-state index contributed by atoms with van der Waals surface area (Å²) in [6.45, 7) is 5.81. The predicted octanol–water partition coefficient (Wildman–Crippen LogP) is 1.16. The Morgan fingerprint density at radius 1 is 1.35 bits per heavy atom. The van der Waals surface area contributed by atoms with Crippen LogP contribution in [0.1, 0.15) is 37.3 Å². The zero-order chi connectivity index (χ0) is 16.8. The second-order valence-corrected chi connectivity index (χ2v) is 6.01. The summed E-state index contributed by atoms with van der Waals surface area (Å²) in [5.41, 5.74) is 0. The topological polar surface area (TPSA) is 86.6 Å². The number of furan rings is 1. The molecule has 0 aliphatic carbocycles. The molecule has 1 aromatic heterocycles. The zero-order valence-corrected chi connectivity index (χ0v) is 14.0. The molecule has 0 spiro atoms. The van der Waals surface area contributed by atoms with Gasteiger partial charge < -0.3 is 20.4 Å². The van der Waals surface area contributed by atoms with E-state index in [1.807, 2.05) is 26.0 Å². The average molecular weight is 322 g/mol. The Bertz CT molecular complexity index is 535. The third-order valence-corrected chi connectivity index (χ3v) is 4.10. The minimum Gasteiger partial charge on any atom is -0.464 e. The third-order valence-electron chi connectivity index (χ3n) is 4.10. The van der Waals surface area contributed by atoms with Gasteiger partial charge in [-0.1, -0.05) is 0 Å². The second-order valence-electron chi connectivity index (χ2n) is 6.01. The highest BCUT2D eigenvalue weighted by Crippen LogP contribution is 2.15. The summed E-state index contributed by atoms with van der Waals surface area (Å²) in [7, 11) is 1.64. The number of hydrogen-bond donors (Lipinski definition) is 3. The maximum absolute atomic E-state index is 12.1. The van der Waals surface area contributed by atoms with Gasteiger partial charge in [0.1, 0.15) is 11.5 Å². The Labute approximate surface area is 136 Å². The lowest BCUT2D eigenvalue weighted by Gasteiger charge is -2.31. The fourth-order valence-corrected chi connectivity index (χ4v) is 2.70. The van der Waals surface area contributed by atoms with Gasteiger partial charge in [-0.3, -0.25) is 9.69 Å². The van der Waals surface area contributed by atoms with Crippen LogP contribution in [0.3, 0.4) is 0 Å². The first-order valence-corrected chi connectivity index (χ1v) is 8.04. The van der Waals surface area contributed by atoms with Gasteiger partial charge in [0.2, 0.25) is 5.91 Å². The van der Waals surface area contributed by atoms with Crippen molar-refractivity contribution in [3.05, 3.63) is 23.7 Å². The number of carbonyl (C=O) groups excluding carboxylic acids is 2. The van der Waals surface area contributed by atoms with Crippen LogP contribution in [0.25, 0.3) is 0 Å². The van der Waals surface area contributed by atoms with Crippen molar-refractivity contribution in [3.63, 3.8) is 0 Å². The molecule has 7 heteroatoms. The highest BCUT2D eigenvalue weighted by atomic mass is 16.3. The molecule has 1 aromatic rings. The van der Waals surface area contributed by atoms with E-state index in [1.54, 1.807) is 7.05 Å². The number of nitrogens with zero attached hydrogens (tertiary/aromatic N) is 1. The van der Waals surface area contributed by atoms with E-state index in [0.717, 1.165) is 37.5 Å². The molecular weight excluding hydrogens is 296 g/mol. The molecule has 1 aliphatic heterocycles. The Morgan fingerprint density at radius 3 is 2.61 bits per heavy atom. The van der Waals surface area contributed by atoms with Crippen LogP contribution in [-0.2, 0) is 4.79 Å².